The van der Waals surface area contributed by atoms with E-state index in [1.54, 1.807) is 24.3 Å². The van der Waals surface area contributed by atoms with E-state index < -0.39 is 0 Å². The Hall–Kier alpha value is -2.31. The number of amides is 1. The molecule has 1 amide bonds. The fraction of sp³-hybridized carbons (Fsp3) is 0.562. The number of aryl methyl sites for hydroxylation is 2. The van der Waals surface area contributed by atoms with E-state index in [0.717, 1.165) is 36.5 Å². The summed E-state index contributed by atoms with van der Waals surface area (Å²) >= 11 is 0. The lowest BCUT2D eigenvalue weighted by Gasteiger charge is -2.28. The molecule has 0 saturated carbocycles. The number of imidazole rings is 1. The number of carbonyl (C=O) groups excluding carboxylic acids is 1. The Morgan fingerprint density at radius 3 is 2.91 bits per heavy atom. The first-order valence-corrected chi connectivity index (χ1v) is 7.90. The third kappa shape index (κ3) is 2.60. The quantitative estimate of drug-likeness (QED) is 0.863. The van der Waals surface area contributed by atoms with Gasteiger partial charge >= 0.3 is 0 Å². The predicted molar refractivity (Wildman–Crippen MR) is 85.1 cm³/mol. The molecule has 0 unspecified atom stereocenters. The minimum Gasteiger partial charge on any atom is -0.481 e. The van der Waals surface area contributed by atoms with Crippen molar-refractivity contribution in [2.75, 3.05) is 13.7 Å². The standard InChI is InChI=1S/C16H23N5O2/c1-11-14(16(23-4)19(3)18-11)13-6-5-8-21(13)15(22)12(2)20-9-7-17-10-20/h7,9-10,12-13H,5-6,8H2,1-4H3/t12-,13-/m1/s1. The van der Waals surface area contributed by atoms with E-state index >= 15 is 0 Å². The lowest BCUT2D eigenvalue weighted by Crippen LogP contribution is -2.35. The molecule has 124 valence electrons. The van der Waals surface area contributed by atoms with Gasteiger partial charge in [0.25, 0.3) is 0 Å². The third-order valence-electron chi connectivity index (χ3n) is 4.61. The van der Waals surface area contributed by atoms with Gasteiger partial charge in [-0.1, -0.05) is 0 Å². The number of rotatable bonds is 4. The Balaban J connectivity index is 1.90. The number of carbonyl (C=O) groups is 1. The summed E-state index contributed by atoms with van der Waals surface area (Å²) in [6, 6.07) is -0.238. The zero-order valence-corrected chi connectivity index (χ0v) is 14.1. The highest BCUT2D eigenvalue weighted by Crippen LogP contribution is 2.39. The van der Waals surface area contributed by atoms with Crippen LogP contribution in [0.25, 0.3) is 0 Å². The lowest BCUT2D eigenvalue weighted by molar-refractivity contribution is -0.135. The van der Waals surface area contributed by atoms with E-state index in [2.05, 4.69) is 10.1 Å². The first kappa shape index (κ1) is 15.6. The number of ether oxygens (including phenoxy) is 1. The van der Waals surface area contributed by atoms with Crippen LogP contribution in [0, 0.1) is 6.92 Å². The topological polar surface area (TPSA) is 65.2 Å². The maximum absolute atomic E-state index is 13.0. The van der Waals surface area contributed by atoms with Crippen molar-refractivity contribution in [3.05, 3.63) is 30.0 Å². The molecule has 1 fully saturated rings. The van der Waals surface area contributed by atoms with Crippen molar-refractivity contribution in [3.63, 3.8) is 0 Å². The molecule has 0 aromatic carbocycles. The molecule has 0 radical (unpaired) electrons. The van der Waals surface area contributed by atoms with Crippen LogP contribution >= 0.6 is 0 Å². The summed E-state index contributed by atoms with van der Waals surface area (Å²) in [6.07, 6.45) is 7.13. The van der Waals surface area contributed by atoms with Gasteiger partial charge in [-0.15, -0.1) is 0 Å². The molecular formula is C16H23N5O2. The number of nitrogens with zero attached hydrogens (tertiary/aromatic N) is 5. The Kier molecular flexibility index (Phi) is 4.11. The average Bonchev–Trinajstić information content (AvgIpc) is 3.24. The molecule has 0 aliphatic carbocycles. The Morgan fingerprint density at radius 2 is 2.26 bits per heavy atom. The molecule has 2 aromatic heterocycles. The van der Waals surface area contributed by atoms with Crippen molar-refractivity contribution in [2.45, 2.75) is 38.8 Å². The fourth-order valence-electron chi connectivity index (χ4n) is 3.48. The Labute approximate surface area is 135 Å². The van der Waals surface area contributed by atoms with Gasteiger partial charge in [0.2, 0.25) is 11.8 Å². The van der Waals surface area contributed by atoms with E-state index in [1.165, 1.54) is 0 Å². The zero-order valence-electron chi connectivity index (χ0n) is 14.1. The van der Waals surface area contributed by atoms with Gasteiger partial charge in [0, 0.05) is 26.0 Å². The fourth-order valence-corrected chi connectivity index (χ4v) is 3.48. The maximum atomic E-state index is 13.0. The van der Waals surface area contributed by atoms with E-state index in [0.29, 0.717) is 0 Å². The number of aromatic nitrogens is 4. The van der Waals surface area contributed by atoms with Gasteiger partial charge in [-0.2, -0.15) is 5.10 Å². The third-order valence-corrected chi connectivity index (χ3v) is 4.61. The Morgan fingerprint density at radius 1 is 1.48 bits per heavy atom. The van der Waals surface area contributed by atoms with Crippen LogP contribution in [0.15, 0.2) is 18.7 Å². The van der Waals surface area contributed by atoms with E-state index in [9.17, 15) is 4.79 Å². The first-order chi connectivity index (χ1) is 11.0. The molecule has 23 heavy (non-hydrogen) atoms. The van der Waals surface area contributed by atoms with Crippen LogP contribution in [-0.2, 0) is 11.8 Å². The summed E-state index contributed by atoms with van der Waals surface area (Å²) in [5.74, 6) is 0.846. The number of methoxy groups -OCH3 is 1. The highest BCUT2D eigenvalue weighted by Gasteiger charge is 2.36. The minimum absolute atomic E-state index is 0.0251. The number of hydrogen-bond donors (Lipinski definition) is 0. The molecule has 3 heterocycles. The molecule has 1 aliphatic rings. The van der Waals surface area contributed by atoms with Gasteiger partial charge in [-0.25, -0.2) is 9.67 Å². The Bertz CT molecular complexity index is 692. The van der Waals surface area contributed by atoms with Crippen molar-refractivity contribution >= 4 is 5.91 Å². The second kappa shape index (κ2) is 6.06. The summed E-state index contributed by atoms with van der Waals surface area (Å²) in [4.78, 5) is 18.9. The largest absolute Gasteiger partial charge is 0.481 e. The molecule has 0 spiro atoms. The van der Waals surface area contributed by atoms with Gasteiger partial charge in [0.1, 0.15) is 6.04 Å². The molecule has 7 nitrogen and oxygen atoms in total. The van der Waals surface area contributed by atoms with Crippen LogP contribution in [0.3, 0.4) is 0 Å². The van der Waals surface area contributed by atoms with Gasteiger partial charge in [-0.3, -0.25) is 4.79 Å². The molecule has 7 heteroatoms. The molecular weight excluding hydrogens is 294 g/mol. The summed E-state index contributed by atoms with van der Waals surface area (Å²) in [6.45, 7) is 4.64. The molecule has 1 saturated heterocycles. The first-order valence-electron chi connectivity index (χ1n) is 7.90. The highest BCUT2D eigenvalue weighted by atomic mass is 16.5. The minimum atomic E-state index is -0.263. The van der Waals surface area contributed by atoms with Gasteiger partial charge in [0.05, 0.1) is 30.7 Å². The number of hydrogen-bond acceptors (Lipinski definition) is 4. The van der Waals surface area contributed by atoms with Crippen molar-refractivity contribution in [2.24, 2.45) is 7.05 Å². The van der Waals surface area contributed by atoms with E-state index in [-0.39, 0.29) is 18.0 Å². The summed E-state index contributed by atoms with van der Waals surface area (Å²) in [5.41, 5.74) is 1.95. The van der Waals surface area contributed by atoms with Crippen LogP contribution in [0.5, 0.6) is 5.88 Å². The van der Waals surface area contributed by atoms with E-state index in [1.807, 2.05) is 36.6 Å². The molecule has 2 aromatic rings. The van der Waals surface area contributed by atoms with Crippen molar-refractivity contribution in [1.82, 2.24) is 24.2 Å². The van der Waals surface area contributed by atoms with Crippen LogP contribution in [0.4, 0.5) is 0 Å². The van der Waals surface area contributed by atoms with Gasteiger partial charge in [-0.05, 0) is 26.7 Å². The normalized spacial score (nSPS) is 19.1. The molecule has 2 atom stereocenters. The lowest BCUT2D eigenvalue weighted by atomic mass is 10.0. The summed E-state index contributed by atoms with van der Waals surface area (Å²) < 4.78 is 9.10. The second-order valence-corrected chi connectivity index (χ2v) is 6.01. The van der Waals surface area contributed by atoms with Crippen molar-refractivity contribution in [1.29, 1.82) is 0 Å². The SMILES string of the molecule is COc1c([C@H]2CCCN2C(=O)[C@@H](C)n2ccnc2)c(C)nn1C. The summed E-state index contributed by atoms with van der Waals surface area (Å²) in [5, 5.41) is 4.45. The van der Waals surface area contributed by atoms with Crippen LogP contribution in [-0.4, -0.2) is 43.8 Å². The smallest absolute Gasteiger partial charge is 0.245 e. The molecule has 0 N–H and O–H groups in total. The predicted octanol–water partition coefficient (Wildman–Crippen LogP) is 1.86. The molecule has 3 rings (SSSR count). The molecule has 1 aliphatic heterocycles. The van der Waals surface area contributed by atoms with Gasteiger partial charge in [0.15, 0.2) is 0 Å². The van der Waals surface area contributed by atoms with Crippen molar-refractivity contribution in [3.8, 4) is 5.88 Å². The van der Waals surface area contributed by atoms with Crippen LogP contribution < -0.4 is 4.74 Å². The van der Waals surface area contributed by atoms with Gasteiger partial charge < -0.3 is 14.2 Å². The average molecular weight is 317 g/mol. The number of likely N-dealkylation sites (tertiary alicyclic amines) is 1. The van der Waals surface area contributed by atoms with E-state index in [4.69, 9.17) is 4.74 Å². The second-order valence-electron chi connectivity index (χ2n) is 6.01. The monoisotopic (exact) mass is 317 g/mol. The van der Waals surface area contributed by atoms with Crippen molar-refractivity contribution < 1.29 is 9.53 Å². The zero-order chi connectivity index (χ0) is 16.6. The highest BCUT2D eigenvalue weighted by molar-refractivity contribution is 5.81. The maximum Gasteiger partial charge on any atom is 0.245 e. The van der Waals surface area contributed by atoms with Crippen LogP contribution in [0.2, 0.25) is 0 Å². The summed E-state index contributed by atoms with van der Waals surface area (Å²) in [7, 11) is 3.51. The molecule has 0 bridgehead atoms. The van der Waals surface area contributed by atoms with Crippen LogP contribution in [0.1, 0.15) is 43.1 Å².